The first kappa shape index (κ1) is 33.3. The van der Waals surface area contributed by atoms with Crippen molar-refractivity contribution in [2.24, 2.45) is 0 Å². The Balaban J connectivity index is 1.07. The molecule has 2 aliphatic rings. The Hall–Kier alpha value is -4.57. The summed E-state index contributed by atoms with van der Waals surface area (Å²) in [4.78, 5) is 35.9. The number of thioether (sulfide) groups is 1. The number of thiazole rings is 1. The predicted molar refractivity (Wildman–Crippen MR) is 188 cm³/mol. The van der Waals surface area contributed by atoms with Gasteiger partial charge < -0.3 is 25.4 Å². The number of carboxylic acids is 1. The van der Waals surface area contributed by atoms with Crippen LogP contribution < -0.4 is 20.3 Å². The van der Waals surface area contributed by atoms with Crippen LogP contribution in [0.25, 0.3) is 0 Å². The van der Waals surface area contributed by atoms with Gasteiger partial charge in [0.15, 0.2) is 27.9 Å². The van der Waals surface area contributed by atoms with Crippen LogP contribution in [0.2, 0.25) is 0 Å². The van der Waals surface area contributed by atoms with Crippen molar-refractivity contribution in [2.45, 2.75) is 43.1 Å². The first-order valence-electron chi connectivity index (χ1n) is 15.8. The third kappa shape index (κ3) is 7.76. The zero-order chi connectivity index (χ0) is 33.6. The van der Waals surface area contributed by atoms with E-state index in [1.54, 1.807) is 23.9 Å². The van der Waals surface area contributed by atoms with Crippen molar-refractivity contribution < 1.29 is 23.8 Å². The lowest BCUT2D eigenvalue weighted by Crippen LogP contribution is -2.38. The predicted octanol–water partition coefficient (Wildman–Crippen LogP) is 6.09. The first-order chi connectivity index (χ1) is 23.3. The summed E-state index contributed by atoms with van der Waals surface area (Å²) in [6, 6.07) is 18.4. The molecule has 0 radical (unpaired) electrons. The monoisotopic (exact) mass is 685 g/mol. The van der Waals surface area contributed by atoms with E-state index in [4.69, 9.17) is 4.74 Å². The number of halogens is 1. The van der Waals surface area contributed by atoms with E-state index in [0.717, 1.165) is 28.3 Å². The van der Waals surface area contributed by atoms with E-state index >= 15 is 0 Å². The Morgan fingerprint density at radius 3 is 2.85 bits per heavy atom. The maximum absolute atomic E-state index is 14.6. The number of aryl methyl sites for hydroxylation is 1. The van der Waals surface area contributed by atoms with Crippen LogP contribution in [-0.4, -0.2) is 65.7 Å². The summed E-state index contributed by atoms with van der Waals surface area (Å²) in [5, 5.41) is 17.0. The number of carbonyl (C=O) groups excluding carboxylic acids is 1. The van der Waals surface area contributed by atoms with Crippen molar-refractivity contribution in [1.29, 1.82) is 0 Å². The molecule has 0 saturated heterocycles. The van der Waals surface area contributed by atoms with E-state index in [1.165, 1.54) is 17.4 Å². The summed E-state index contributed by atoms with van der Waals surface area (Å²) in [5.41, 5.74) is 3.91. The number of aromatic nitrogens is 1. The SMILES string of the molecule is CCN(C)CC#Cc1ccc(OCCCc2sc(N3CCc4cccc(C(=O)NC5Nc6ccccc6S5)c4C3)nc2C(=O)O)c(F)c1. The van der Waals surface area contributed by atoms with Crippen molar-refractivity contribution in [3.8, 4) is 17.6 Å². The summed E-state index contributed by atoms with van der Waals surface area (Å²) in [6.07, 6.45) is 1.60. The molecule has 248 valence electrons. The minimum atomic E-state index is -1.10. The second-order valence-electron chi connectivity index (χ2n) is 11.5. The molecule has 6 rings (SSSR count). The van der Waals surface area contributed by atoms with E-state index in [2.05, 4.69) is 32.4 Å². The zero-order valence-electron chi connectivity index (χ0n) is 26.7. The van der Waals surface area contributed by atoms with E-state index in [9.17, 15) is 19.1 Å². The highest BCUT2D eigenvalue weighted by Crippen LogP contribution is 2.37. The Labute approximate surface area is 287 Å². The molecule has 0 saturated carbocycles. The highest BCUT2D eigenvalue weighted by atomic mass is 32.2. The largest absolute Gasteiger partial charge is 0.491 e. The molecule has 0 aliphatic carbocycles. The number of ether oxygens (including phenoxy) is 1. The van der Waals surface area contributed by atoms with Crippen LogP contribution >= 0.6 is 23.1 Å². The van der Waals surface area contributed by atoms with Crippen LogP contribution in [0.15, 0.2) is 65.6 Å². The second-order valence-corrected chi connectivity index (χ2v) is 13.7. The number of amides is 1. The van der Waals surface area contributed by atoms with Crippen molar-refractivity contribution in [3.05, 3.63) is 99.3 Å². The molecule has 3 aromatic carbocycles. The van der Waals surface area contributed by atoms with Crippen molar-refractivity contribution >= 4 is 45.8 Å². The second kappa shape index (κ2) is 15.1. The average Bonchev–Trinajstić information content (AvgIpc) is 3.71. The van der Waals surface area contributed by atoms with Crippen LogP contribution in [-0.2, 0) is 19.4 Å². The standard InChI is InChI=1S/C36H36FN5O4S2/c1-3-41(2)18-7-9-23-15-16-29(27(37)21-23)46-20-8-14-31-32(34(44)45)39-36(48-31)42-19-17-24-10-6-11-25(26(24)22-42)33(43)40-35-38-28-12-4-5-13-30(28)47-35/h4-6,10-13,15-16,21,35,38H,3,8,14,17-20,22H2,1-2H3,(H,40,43)(H,44,45). The molecule has 0 fully saturated rings. The van der Waals surface area contributed by atoms with E-state index in [0.29, 0.717) is 60.0 Å². The third-order valence-corrected chi connectivity index (χ3v) is 10.5. The number of hydrogen-bond donors (Lipinski definition) is 3. The van der Waals surface area contributed by atoms with Crippen molar-refractivity contribution in [3.63, 3.8) is 0 Å². The highest BCUT2D eigenvalue weighted by molar-refractivity contribution is 8.00. The van der Waals surface area contributed by atoms with Gasteiger partial charge in [0.25, 0.3) is 5.91 Å². The maximum Gasteiger partial charge on any atom is 0.355 e. The molecule has 12 heteroatoms. The molecule has 4 aromatic rings. The van der Waals surface area contributed by atoms with E-state index in [-0.39, 0.29) is 29.5 Å². The molecule has 0 bridgehead atoms. The molecule has 9 nitrogen and oxygen atoms in total. The lowest BCUT2D eigenvalue weighted by Gasteiger charge is -2.30. The Bertz CT molecular complexity index is 1860. The molecule has 3 N–H and O–H groups in total. The number of fused-ring (bicyclic) bond motifs is 2. The third-order valence-electron chi connectivity index (χ3n) is 8.22. The summed E-state index contributed by atoms with van der Waals surface area (Å²) in [5.74, 6) is 4.38. The topological polar surface area (TPSA) is 107 Å². The molecule has 1 atom stereocenters. The average molecular weight is 686 g/mol. The number of carbonyl (C=O) groups is 2. The number of nitrogens with one attached hydrogen (secondary N) is 2. The van der Waals surface area contributed by atoms with Gasteiger partial charge in [-0.1, -0.05) is 54.8 Å². The van der Waals surface area contributed by atoms with Gasteiger partial charge in [-0.05, 0) is 80.4 Å². The Morgan fingerprint density at radius 2 is 2.06 bits per heavy atom. The van der Waals surface area contributed by atoms with Crippen molar-refractivity contribution in [2.75, 3.05) is 43.5 Å². The van der Waals surface area contributed by atoms with Gasteiger partial charge in [0.05, 0.1) is 18.8 Å². The fraction of sp³-hybridized carbons (Fsp3) is 0.306. The van der Waals surface area contributed by atoms with Gasteiger partial charge in [-0.25, -0.2) is 14.2 Å². The van der Waals surface area contributed by atoms with Gasteiger partial charge in [-0.15, -0.1) is 11.3 Å². The number of nitrogens with zero attached hydrogens (tertiary/aromatic N) is 3. The van der Waals surface area contributed by atoms with Gasteiger partial charge in [-0.3, -0.25) is 9.69 Å². The quantitative estimate of drug-likeness (QED) is 0.128. The number of carboxylic acid groups (broad SMARTS) is 1. The summed E-state index contributed by atoms with van der Waals surface area (Å²) >= 11 is 2.90. The molecule has 1 amide bonds. The van der Waals surface area contributed by atoms with E-state index in [1.807, 2.05) is 61.3 Å². The molecule has 1 unspecified atom stereocenters. The van der Waals surface area contributed by atoms with Gasteiger partial charge in [0.2, 0.25) is 0 Å². The smallest absolute Gasteiger partial charge is 0.355 e. The van der Waals surface area contributed by atoms with Gasteiger partial charge in [0, 0.05) is 34.0 Å². The number of para-hydroxylation sites is 1. The molecular weight excluding hydrogens is 650 g/mol. The Morgan fingerprint density at radius 1 is 1.21 bits per heavy atom. The van der Waals surface area contributed by atoms with Crippen LogP contribution in [0.3, 0.4) is 0 Å². The fourth-order valence-corrected chi connectivity index (χ4v) is 7.65. The molecule has 48 heavy (non-hydrogen) atoms. The number of aromatic carboxylic acids is 1. The lowest BCUT2D eigenvalue weighted by molar-refractivity contribution is 0.0689. The minimum absolute atomic E-state index is 0.0125. The highest BCUT2D eigenvalue weighted by Gasteiger charge is 2.28. The fourth-order valence-electron chi connectivity index (χ4n) is 5.52. The molecule has 1 aromatic heterocycles. The summed E-state index contributed by atoms with van der Waals surface area (Å²) in [6.45, 7) is 4.83. The zero-order valence-corrected chi connectivity index (χ0v) is 28.3. The van der Waals surface area contributed by atoms with Crippen LogP contribution in [0.1, 0.15) is 55.8 Å². The van der Waals surface area contributed by atoms with E-state index < -0.39 is 11.8 Å². The molecule has 2 aliphatic heterocycles. The van der Waals surface area contributed by atoms with Gasteiger partial charge >= 0.3 is 5.97 Å². The summed E-state index contributed by atoms with van der Waals surface area (Å²) < 4.78 is 20.3. The summed E-state index contributed by atoms with van der Waals surface area (Å²) in [7, 11) is 1.97. The number of benzene rings is 3. The first-order valence-corrected chi connectivity index (χ1v) is 17.5. The lowest BCUT2D eigenvalue weighted by atomic mass is 9.94. The number of rotatable bonds is 11. The molecular formula is C36H36FN5O4S2. The van der Waals surface area contributed by atoms with Crippen LogP contribution in [0.4, 0.5) is 15.2 Å². The number of hydrogen-bond acceptors (Lipinski definition) is 9. The minimum Gasteiger partial charge on any atom is -0.491 e. The normalized spacial score (nSPS) is 14.8. The van der Waals surface area contributed by atoms with Gasteiger partial charge in [0.1, 0.15) is 0 Å². The maximum atomic E-state index is 14.6. The van der Waals surface area contributed by atoms with Crippen molar-refractivity contribution in [1.82, 2.24) is 15.2 Å². The van der Waals surface area contributed by atoms with Crippen LogP contribution in [0, 0.1) is 17.7 Å². The molecule has 3 heterocycles. The van der Waals surface area contributed by atoms with Crippen LogP contribution in [0.5, 0.6) is 5.75 Å². The molecule has 0 spiro atoms. The Kier molecular flexibility index (Phi) is 10.5. The van der Waals surface area contributed by atoms with Gasteiger partial charge in [-0.2, -0.15) is 0 Å². The number of anilines is 2.